The lowest BCUT2D eigenvalue weighted by Gasteiger charge is -2.19. The van der Waals surface area contributed by atoms with Gasteiger partial charge in [0.05, 0.1) is 17.0 Å². The Kier molecular flexibility index (Phi) is 3.75. The van der Waals surface area contributed by atoms with E-state index in [2.05, 4.69) is 4.98 Å². The Bertz CT molecular complexity index is 804. The van der Waals surface area contributed by atoms with Gasteiger partial charge < -0.3 is 17.7 Å². The molecular weight excluding hydrogens is 290 g/mol. The molecule has 0 aliphatic heterocycles. The minimum absolute atomic E-state index is 0.00594. The van der Waals surface area contributed by atoms with Crippen molar-refractivity contribution in [2.45, 2.75) is 6.61 Å². The van der Waals surface area contributed by atoms with Gasteiger partial charge in [0, 0.05) is 5.39 Å². The molecule has 0 unspecified atom stereocenters. The second-order valence-electron chi connectivity index (χ2n) is 4.90. The summed E-state index contributed by atoms with van der Waals surface area (Å²) in [5.74, 6) is -0.162. The number of benzene rings is 2. The smallest absolute Gasteiger partial charge is 0.490 e. The average Bonchev–Trinajstić information content (AvgIpc) is 2.52. The normalized spacial score (nSPS) is 11.6. The molecule has 1 aromatic heterocycles. The van der Waals surface area contributed by atoms with E-state index < -0.39 is 12.4 Å². The number of aromatic nitrogens is 1. The Labute approximate surface area is 125 Å². The highest BCUT2D eigenvalue weighted by atomic mass is 19.4. The third kappa shape index (κ3) is 3.06. The van der Waals surface area contributed by atoms with Crippen LogP contribution in [0.2, 0.25) is 0 Å². The van der Waals surface area contributed by atoms with Crippen LogP contribution < -0.4 is 10.2 Å². The second kappa shape index (κ2) is 5.71. The van der Waals surface area contributed by atoms with Crippen LogP contribution in [-0.2, 0) is 6.61 Å². The molecule has 6 heteroatoms. The summed E-state index contributed by atoms with van der Waals surface area (Å²) in [6.07, 6.45) is 0. The van der Waals surface area contributed by atoms with E-state index in [1.54, 1.807) is 6.07 Å². The zero-order valence-corrected chi connectivity index (χ0v) is 11.5. The van der Waals surface area contributed by atoms with Crippen molar-refractivity contribution >= 4 is 23.3 Å². The fraction of sp³-hybridized carbons (Fsp3) is 0.0625. The molecule has 0 fully saturated rings. The molecule has 0 saturated carbocycles. The first-order valence-corrected chi connectivity index (χ1v) is 6.80. The first-order chi connectivity index (χ1) is 10.5. The Hall–Kier alpha value is -2.50. The highest BCUT2D eigenvalue weighted by molar-refractivity contribution is 6.74. The molecule has 0 atom stereocenters. The fourth-order valence-electron chi connectivity index (χ4n) is 2.22. The predicted molar refractivity (Wildman–Crippen MR) is 81.2 cm³/mol. The summed E-state index contributed by atoms with van der Waals surface area (Å²) in [5, 5.41) is 0.977. The quantitative estimate of drug-likeness (QED) is 0.683. The summed E-state index contributed by atoms with van der Waals surface area (Å²) in [6.45, 7) is -5.10. The molecule has 112 valence electrons. The second-order valence-corrected chi connectivity index (χ2v) is 4.90. The highest BCUT2D eigenvalue weighted by Crippen LogP contribution is 2.19. The van der Waals surface area contributed by atoms with Crippen LogP contribution in [0, 0.1) is 0 Å². The molecule has 1 heterocycles. The summed E-state index contributed by atoms with van der Waals surface area (Å²) in [5.41, 5.74) is 0.656. The van der Waals surface area contributed by atoms with Crippen molar-refractivity contribution in [2.75, 3.05) is 0 Å². The molecule has 0 spiro atoms. The van der Waals surface area contributed by atoms with Gasteiger partial charge in [0.15, 0.2) is 0 Å². The van der Waals surface area contributed by atoms with Crippen LogP contribution in [-0.4, -0.2) is 12.0 Å². The van der Waals surface area contributed by atoms with Gasteiger partial charge in [0.1, 0.15) is 6.61 Å². The number of nitrogens with zero attached hydrogens (tertiary/aromatic N) is 1. The molecule has 0 saturated heterocycles. The van der Waals surface area contributed by atoms with E-state index in [-0.39, 0.29) is 12.4 Å². The van der Waals surface area contributed by atoms with Gasteiger partial charge in [-0.1, -0.05) is 47.9 Å². The van der Waals surface area contributed by atoms with Gasteiger partial charge in [-0.2, -0.15) is 0 Å². The number of rotatable bonds is 4. The Morgan fingerprint density at radius 2 is 1.59 bits per heavy atom. The number of hydrogen-bond acceptors (Lipinski definition) is 2. The summed E-state index contributed by atoms with van der Waals surface area (Å²) < 4.78 is 44.2. The van der Waals surface area contributed by atoms with Crippen molar-refractivity contribution in [2.24, 2.45) is 0 Å². The largest absolute Gasteiger partial charge is 0.513 e. The lowest BCUT2D eigenvalue weighted by atomic mass is 9.79. The van der Waals surface area contributed by atoms with Crippen LogP contribution in [0.15, 0.2) is 60.7 Å². The van der Waals surface area contributed by atoms with Crippen molar-refractivity contribution in [1.82, 2.24) is 4.98 Å². The van der Waals surface area contributed by atoms with E-state index in [0.29, 0.717) is 5.69 Å². The van der Waals surface area contributed by atoms with Gasteiger partial charge in [-0.05, 0) is 18.2 Å². The number of ether oxygens (including phenoxy) is 1. The minimum atomic E-state index is -5.10. The number of pyridine rings is 1. The van der Waals surface area contributed by atoms with E-state index in [1.165, 1.54) is 18.2 Å². The summed E-state index contributed by atoms with van der Waals surface area (Å²) in [6, 6.07) is 16.4. The summed E-state index contributed by atoms with van der Waals surface area (Å²) in [7, 11) is 0. The van der Waals surface area contributed by atoms with E-state index in [4.69, 9.17) is 4.74 Å². The first-order valence-electron chi connectivity index (χ1n) is 6.80. The Morgan fingerprint density at radius 3 is 2.41 bits per heavy atom. The molecule has 2 aromatic carbocycles. The van der Waals surface area contributed by atoms with E-state index >= 15 is 0 Å². The fourth-order valence-corrected chi connectivity index (χ4v) is 2.22. The molecular formula is C16H12BF3NO-. The summed E-state index contributed by atoms with van der Waals surface area (Å²) >= 11 is 0. The van der Waals surface area contributed by atoms with Crippen LogP contribution in [0.5, 0.6) is 5.75 Å². The Morgan fingerprint density at radius 1 is 0.864 bits per heavy atom. The lowest BCUT2D eigenvalue weighted by molar-refractivity contribution is 0.302. The molecule has 3 aromatic rings. The van der Waals surface area contributed by atoms with Crippen molar-refractivity contribution in [3.8, 4) is 5.75 Å². The maximum atomic E-state index is 12.9. The van der Waals surface area contributed by atoms with Crippen molar-refractivity contribution in [3.05, 3.63) is 66.4 Å². The number of para-hydroxylation sites is 2. The molecule has 0 radical (unpaired) electrons. The monoisotopic (exact) mass is 302 g/mol. The molecule has 3 rings (SSSR count). The van der Waals surface area contributed by atoms with Crippen LogP contribution in [0.4, 0.5) is 12.9 Å². The van der Waals surface area contributed by atoms with Crippen molar-refractivity contribution in [1.29, 1.82) is 0 Å². The minimum Gasteiger partial charge on any atom is -0.490 e. The number of fused-ring (bicyclic) bond motifs is 1. The van der Waals surface area contributed by atoms with Gasteiger partial charge in [-0.15, -0.1) is 0 Å². The van der Waals surface area contributed by atoms with Crippen molar-refractivity contribution < 1.29 is 17.7 Å². The van der Waals surface area contributed by atoms with E-state index in [9.17, 15) is 12.9 Å². The van der Waals surface area contributed by atoms with Crippen molar-refractivity contribution in [3.63, 3.8) is 0 Å². The van der Waals surface area contributed by atoms with Gasteiger partial charge in [0.25, 0.3) is 0 Å². The SMILES string of the molecule is F[B-](F)(F)c1ccccc1OCc1ccc2ccccc2n1. The number of hydrogen-bond donors (Lipinski definition) is 0. The third-order valence-electron chi connectivity index (χ3n) is 3.30. The molecule has 22 heavy (non-hydrogen) atoms. The average molecular weight is 302 g/mol. The van der Waals surface area contributed by atoms with Gasteiger partial charge in [-0.25, -0.2) is 4.98 Å². The highest BCUT2D eigenvalue weighted by Gasteiger charge is 2.28. The third-order valence-corrected chi connectivity index (χ3v) is 3.30. The molecule has 2 nitrogen and oxygen atoms in total. The zero-order chi connectivity index (χ0) is 15.6. The first kappa shape index (κ1) is 14.4. The van der Waals surface area contributed by atoms with Gasteiger partial charge in [0.2, 0.25) is 0 Å². The predicted octanol–water partition coefficient (Wildman–Crippen LogP) is 3.87. The molecule has 0 aliphatic carbocycles. The molecule has 0 amide bonds. The number of halogens is 3. The molecule has 0 bridgehead atoms. The summed E-state index contributed by atoms with van der Waals surface area (Å²) in [4.78, 5) is 4.38. The van der Waals surface area contributed by atoms with Gasteiger partial charge >= 0.3 is 6.98 Å². The van der Waals surface area contributed by atoms with Crippen LogP contribution in [0.1, 0.15) is 5.69 Å². The van der Waals surface area contributed by atoms with E-state index in [0.717, 1.165) is 17.0 Å². The molecule has 0 N–H and O–H groups in total. The maximum absolute atomic E-state index is 12.9. The van der Waals surface area contributed by atoms with Crippen LogP contribution in [0.3, 0.4) is 0 Å². The van der Waals surface area contributed by atoms with E-state index in [1.807, 2.05) is 30.3 Å². The molecule has 0 aliphatic rings. The zero-order valence-electron chi connectivity index (χ0n) is 11.5. The topological polar surface area (TPSA) is 22.1 Å². The lowest BCUT2D eigenvalue weighted by Crippen LogP contribution is -2.35. The van der Waals surface area contributed by atoms with Crippen LogP contribution in [0.25, 0.3) is 10.9 Å². The standard InChI is InChI=1S/C16H12BF3NO/c18-17(19,20)14-6-2-4-8-16(14)22-11-13-10-9-12-5-1-3-7-15(12)21-13/h1-10H,11H2/q-1. The van der Waals surface area contributed by atoms with Crippen LogP contribution >= 0.6 is 0 Å². The maximum Gasteiger partial charge on any atom is 0.513 e. The Balaban J connectivity index is 1.82. The van der Waals surface area contributed by atoms with Gasteiger partial charge in [-0.3, -0.25) is 0 Å².